The molecule has 0 bridgehead atoms. The number of aliphatic hydroxyl groups excluding tert-OH is 1. The van der Waals surface area contributed by atoms with Gasteiger partial charge in [-0.3, -0.25) is 0 Å². The maximum absolute atomic E-state index is 9.76. The lowest BCUT2D eigenvalue weighted by atomic mass is 10.0. The summed E-state index contributed by atoms with van der Waals surface area (Å²) >= 11 is 0. The molecule has 0 fully saturated rings. The third-order valence-electron chi connectivity index (χ3n) is 2.66. The fraction of sp³-hybridized carbons (Fsp3) is 0.538. The lowest BCUT2D eigenvalue weighted by Crippen LogP contribution is -2.14. The molecule has 0 amide bonds. The molecule has 1 aromatic rings. The number of hydrogen-bond donors (Lipinski definition) is 2. The highest BCUT2D eigenvalue weighted by Gasteiger charge is 2.13. The van der Waals surface area contributed by atoms with Crippen LogP contribution in [0, 0.1) is 0 Å². The first-order chi connectivity index (χ1) is 8.13. The zero-order valence-electron chi connectivity index (χ0n) is 10.9. The molecule has 4 heteroatoms. The van der Waals surface area contributed by atoms with Crippen LogP contribution in [0.5, 0.6) is 11.5 Å². The average molecular weight is 239 g/mol. The van der Waals surface area contributed by atoms with E-state index in [-0.39, 0.29) is 0 Å². The molecule has 0 aliphatic rings. The molecule has 4 nitrogen and oxygen atoms in total. The minimum Gasteiger partial charge on any atom is -0.493 e. The van der Waals surface area contributed by atoms with Crippen molar-refractivity contribution in [3.8, 4) is 11.5 Å². The number of nitrogens with one attached hydrogen (secondary N) is 1. The average Bonchev–Trinajstić information content (AvgIpc) is 2.34. The van der Waals surface area contributed by atoms with Gasteiger partial charge in [0.15, 0.2) is 11.5 Å². The van der Waals surface area contributed by atoms with Crippen molar-refractivity contribution in [1.82, 2.24) is 5.32 Å². The van der Waals surface area contributed by atoms with Crippen LogP contribution in [0.25, 0.3) is 0 Å². The van der Waals surface area contributed by atoms with E-state index in [0.29, 0.717) is 18.0 Å². The molecule has 1 unspecified atom stereocenters. The highest BCUT2D eigenvalue weighted by molar-refractivity contribution is 5.48. The largest absolute Gasteiger partial charge is 0.493 e. The van der Waals surface area contributed by atoms with Gasteiger partial charge in [-0.1, -0.05) is 6.92 Å². The molecule has 0 saturated carbocycles. The van der Waals surface area contributed by atoms with E-state index in [0.717, 1.165) is 17.7 Å². The first-order valence-electron chi connectivity index (χ1n) is 5.77. The second-order valence-corrected chi connectivity index (χ2v) is 3.86. The van der Waals surface area contributed by atoms with E-state index in [1.54, 1.807) is 21.1 Å². The summed E-state index contributed by atoms with van der Waals surface area (Å²) in [6.07, 6.45) is -0.525. The van der Waals surface area contributed by atoms with Crippen molar-refractivity contribution >= 4 is 0 Å². The Labute approximate surface area is 103 Å². The topological polar surface area (TPSA) is 50.7 Å². The molecule has 0 heterocycles. The van der Waals surface area contributed by atoms with Crippen LogP contribution in [0.3, 0.4) is 0 Å². The molecule has 0 radical (unpaired) electrons. The van der Waals surface area contributed by atoms with E-state index >= 15 is 0 Å². The first kappa shape index (κ1) is 13.8. The lowest BCUT2D eigenvalue weighted by Gasteiger charge is -2.16. The molecule has 1 rings (SSSR count). The van der Waals surface area contributed by atoms with Gasteiger partial charge in [0.1, 0.15) is 0 Å². The Kier molecular flexibility index (Phi) is 5.25. The highest BCUT2D eigenvalue weighted by Crippen LogP contribution is 2.33. The summed E-state index contributed by atoms with van der Waals surface area (Å²) in [4.78, 5) is 0. The maximum Gasteiger partial charge on any atom is 0.161 e. The number of ether oxygens (including phenoxy) is 2. The van der Waals surface area contributed by atoms with Crippen molar-refractivity contribution in [1.29, 1.82) is 0 Å². The fourth-order valence-corrected chi connectivity index (χ4v) is 1.74. The summed E-state index contributed by atoms with van der Waals surface area (Å²) in [7, 11) is 3.20. The van der Waals surface area contributed by atoms with Gasteiger partial charge < -0.3 is 19.9 Å². The van der Waals surface area contributed by atoms with Crippen LogP contribution >= 0.6 is 0 Å². The first-order valence-corrected chi connectivity index (χ1v) is 5.77. The van der Waals surface area contributed by atoms with Gasteiger partial charge in [-0.05, 0) is 36.7 Å². The standard InChI is InChI=1S/C13H21NO3/c1-5-14-8-10-6-12(16-3)13(17-4)7-11(10)9(2)15/h6-7,9,14-15H,5,8H2,1-4H3. The minimum absolute atomic E-state index is 0.525. The van der Waals surface area contributed by atoms with E-state index in [1.165, 1.54) is 0 Å². The van der Waals surface area contributed by atoms with E-state index in [1.807, 2.05) is 19.1 Å². The van der Waals surface area contributed by atoms with E-state index in [2.05, 4.69) is 5.32 Å². The van der Waals surface area contributed by atoms with Gasteiger partial charge in [-0.2, -0.15) is 0 Å². The fourth-order valence-electron chi connectivity index (χ4n) is 1.74. The molecule has 96 valence electrons. The molecular formula is C13H21NO3. The van der Waals surface area contributed by atoms with Gasteiger partial charge >= 0.3 is 0 Å². The van der Waals surface area contributed by atoms with Crippen molar-refractivity contribution < 1.29 is 14.6 Å². The minimum atomic E-state index is -0.525. The quantitative estimate of drug-likeness (QED) is 0.795. The summed E-state index contributed by atoms with van der Waals surface area (Å²) in [6, 6.07) is 3.74. The number of aliphatic hydroxyl groups is 1. The van der Waals surface area contributed by atoms with E-state index in [9.17, 15) is 5.11 Å². The number of benzene rings is 1. The van der Waals surface area contributed by atoms with Crippen LogP contribution in [-0.2, 0) is 6.54 Å². The van der Waals surface area contributed by atoms with Gasteiger partial charge in [-0.15, -0.1) is 0 Å². The Morgan fingerprint density at radius 2 is 1.82 bits per heavy atom. The Bertz CT molecular complexity index is 364. The molecule has 0 saturated heterocycles. The molecule has 0 aliphatic carbocycles. The molecule has 1 aromatic carbocycles. The number of rotatable bonds is 6. The van der Waals surface area contributed by atoms with Crippen LogP contribution < -0.4 is 14.8 Å². The van der Waals surface area contributed by atoms with Gasteiger partial charge in [-0.25, -0.2) is 0 Å². The number of methoxy groups -OCH3 is 2. The van der Waals surface area contributed by atoms with Crippen molar-refractivity contribution in [3.63, 3.8) is 0 Å². The van der Waals surface area contributed by atoms with Gasteiger partial charge in [0.25, 0.3) is 0 Å². The summed E-state index contributed by atoms with van der Waals surface area (Å²) in [5.74, 6) is 1.33. The smallest absolute Gasteiger partial charge is 0.161 e. The zero-order valence-corrected chi connectivity index (χ0v) is 10.9. The lowest BCUT2D eigenvalue weighted by molar-refractivity contribution is 0.197. The van der Waals surface area contributed by atoms with Crippen LogP contribution in [0.4, 0.5) is 0 Å². The summed E-state index contributed by atoms with van der Waals surface area (Å²) in [5.41, 5.74) is 1.89. The molecule has 2 N–H and O–H groups in total. The molecular weight excluding hydrogens is 218 g/mol. The van der Waals surface area contributed by atoms with Crippen LogP contribution in [0.15, 0.2) is 12.1 Å². The Hall–Kier alpha value is -1.26. The molecule has 0 aliphatic heterocycles. The van der Waals surface area contributed by atoms with Gasteiger partial charge in [0.2, 0.25) is 0 Å². The molecule has 0 aromatic heterocycles. The Balaban J connectivity index is 3.15. The predicted molar refractivity (Wildman–Crippen MR) is 67.6 cm³/mol. The highest BCUT2D eigenvalue weighted by atomic mass is 16.5. The van der Waals surface area contributed by atoms with E-state index < -0.39 is 6.10 Å². The van der Waals surface area contributed by atoms with E-state index in [4.69, 9.17) is 9.47 Å². The second kappa shape index (κ2) is 6.47. The van der Waals surface area contributed by atoms with Crippen molar-refractivity contribution in [3.05, 3.63) is 23.3 Å². The van der Waals surface area contributed by atoms with Gasteiger partial charge in [0.05, 0.1) is 20.3 Å². The molecule has 17 heavy (non-hydrogen) atoms. The second-order valence-electron chi connectivity index (χ2n) is 3.86. The molecule has 0 spiro atoms. The van der Waals surface area contributed by atoms with Crippen molar-refractivity contribution in [2.45, 2.75) is 26.5 Å². The third kappa shape index (κ3) is 3.35. The summed E-state index contributed by atoms with van der Waals surface area (Å²) < 4.78 is 10.5. The predicted octanol–water partition coefficient (Wildman–Crippen LogP) is 1.87. The third-order valence-corrected chi connectivity index (χ3v) is 2.66. The summed E-state index contributed by atoms with van der Waals surface area (Å²) in [5, 5.41) is 13.0. The normalized spacial score (nSPS) is 12.3. The van der Waals surface area contributed by atoms with Crippen molar-refractivity contribution in [2.24, 2.45) is 0 Å². The van der Waals surface area contributed by atoms with Crippen LogP contribution in [0.1, 0.15) is 31.1 Å². The Morgan fingerprint density at radius 3 is 2.29 bits per heavy atom. The SMILES string of the molecule is CCNCc1cc(OC)c(OC)cc1C(C)O. The summed E-state index contributed by atoms with van der Waals surface area (Å²) in [6.45, 7) is 5.38. The monoisotopic (exact) mass is 239 g/mol. The number of hydrogen-bond acceptors (Lipinski definition) is 4. The van der Waals surface area contributed by atoms with Crippen LogP contribution in [0.2, 0.25) is 0 Å². The maximum atomic E-state index is 9.76. The molecule has 1 atom stereocenters. The Morgan fingerprint density at radius 1 is 1.24 bits per heavy atom. The van der Waals surface area contributed by atoms with Crippen LogP contribution in [-0.4, -0.2) is 25.9 Å². The zero-order chi connectivity index (χ0) is 12.8. The van der Waals surface area contributed by atoms with Crippen molar-refractivity contribution in [2.75, 3.05) is 20.8 Å². The van der Waals surface area contributed by atoms with Gasteiger partial charge in [0, 0.05) is 6.54 Å².